The number of benzene rings is 1. The molecule has 0 radical (unpaired) electrons. The van der Waals surface area contributed by atoms with Crippen molar-refractivity contribution in [1.82, 2.24) is 5.32 Å². The van der Waals surface area contributed by atoms with E-state index in [1.807, 2.05) is 38.1 Å². The van der Waals surface area contributed by atoms with Gasteiger partial charge in [-0.3, -0.25) is 4.79 Å². The van der Waals surface area contributed by atoms with Crippen LogP contribution in [0.5, 0.6) is 0 Å². The number of anilines is 1. The van der Waals surface area contributed by atoms with Crippen LogP contribution in [0.4, 0.5) is 5.69 Å². The molecule has 0 heterocycles. The highest BCUT2D eigenvalue weighted by Crippen LogP contribution is 2.22. The lowest BCUT2D eigenvalue weighted by molar-refractivity contribution is -0.121. The zero-order valence-corrected chi connectivity index (χ0v) is 12.0. The minimum atomic E-state index is -0.539. The summed E-state index contributed by atoms with van der Waals surface area (Å²) in [5.41, 5.74) is 0.807. The van der Waals surface area contributed by atoms with Gasteiger partial charge in [-0.15, -0.1) is 0 Å². The maximum absolute atomic E-state index is 11.6. The molecule has 0 aliphatic rings. The number of hydrogen-bond donors (Lipinski definition) is 2. The number of nitriles is 1. The van der Waals surface area contributed by atoms with Gasteiger partial charge in [0.25, 0.3) is 0 Å². The normalized spacial score (nSPS) is 11.7. The van der Waals surface area contributed by atoms with E-state index in [-0.39, 0.29) is 18.4 Å². The average molecular weight is 310 g/mol. The molecule has 0 spiro atoms. The van der Waals surface area contributed by atoms with Crippen molar-refractivity contribution in [2.75, 3.05) is 5.32 Å². The Morgan fingerprint density at radius 1 is 1.44 bits per heavy atom. The number of hydrogen-bond acceptors (Lipinski definition) is 3. The van der Waals surface area contributed by atoms with Gasteiger partial charge in [0.1, 0.15) is 6.04 Å². The number of para-hydroxylation sites is 1. The van der Waals surface area contributed by atoms with Gasteiger partial charge in [0.05, 0.1) is 12.5 Å². The van der Waals surface area contributed by atoms with Crippen molar-refractivity contribution in [3.05, 3.63) is 28.7 Å². The van der Waals surface area contributed by atoms with Crippen LogP contribution >= 0.6 is 15.9 Å². The number of nitrogens with zero attached hydrogens (tertiary/aromatic N) is 1. The van der Waals surface area contributed by atoms with Gasteiger partial charge in [-0.05, 0) is 41.9 Å². The zero-order chi connectivity index (χ0) is 13.5. The van der Waals surface area contributed by atoms with E-state index in [2.05, 4.69) is 32.6 Å². The summed E-state index contributed by atoms with van der Waals surface area (Å²) in [7, 11) is 0. The van der Waals surface area contributed by atoms with Gasteiger partial charge in [0, 0.05) is 16.2 Å². The van der Waals surface area contributed by atoms with Gasteiger partial charge in [0.2, 0.25) is 5.91 Å². The van der Waals surface area contributed by atoms with E-state index in [0.717, 1.165) is 10.2 Å². The molecule has 0 aromatic heterocycles. The van der Waals surface area contributed by atoms with Crippen LogP contribution in [-0.2, 0) is 4.79 Å². The summed E-state index contributed by atoms with van der Waals surface area (Å²) in [5.74, 6) is -0.129. The van der Waals surface area contributed by atoms with Gasteiger partial charge < -0.3 is 10.6 Å². The Morgan fingerprint density at radius 2 is 2.11 bits per heavy atom. The number of nitrogens with one attached hydrogen (secondary N) is 2. The van der Waals surface area contributed by atoms with E-state index in [4.69, 9.17) is 5.26 Å². The highest BCUT2D eigenvalue weighted by atomic mass is 79.9. The van der Waals surface area contributed by atoms with Gasteiger partial charge in [-0.25, -0.2) is 0 Å². The predicted molar refractivity (Wildman–Crippen MR) is 75.1 cm³/mol. The molecular weight excluding hydrogens is 294 g/mol. The molecule has 1 unspecified atom stereocenters. The van der Waals surface area contributed by atoms with Crippen molar-refractivity contribution in [3.63, 3.8) is 0 Å². The standard InChI is InChI=1S/C13H16BrN3O/c1-9(2)16-13(18)7-10(8-15)17-12-6-4-3-5-11(12)14/h3-6,9-10,17H,7H2,1-2H3,(H,16,18). The van der Waals surface area contributed by atoms with E-state index in [9.17, 15) is 4.79 Å². The molecule has 1 amide bonds. The van der Waals surface area contributed by atoms with Crippen LogP contribution in [0.25, 0.3) is 0 Å². The van der Waals surface area contributed by atoms with Crippen molar-refractivity contribution >= 4 is 27.5 Å². The fourth-order valence-electron chi connectivity index (χ4n) is 1.46. The fraction of sp³-hybridized carbons (Fsp3) is 0.385. The lowest BCUT2D eigenvalue weighted by atomic mass is 10.2. The molecule has 1 aromatic rings. The van der Waals surface area contributed by atoms with E-state index in [1.165, 1.54) is 0 Å². The topological polar surface area (TPSA) is 64.9 Å². The molecule has 0 saturated carbocycles. The Kier molecular flexibility index (Phi) is 5.66. The van der Waals surface area contributed by atoms with Crippen LogP contribution in [0, 0.1) is 11.3 Å². The lowest BCUT2D eigenvalue weighted by Crippen LogP contribution is -2.34. The molecule has 4 nitrogen and oxygen atoms in total. The largest absolute Gasteiger partial charge is 0.368 e. The first-order valence-electron chi connectivity index (χ1n) is 5.73. The smallest absolute Gasteiger partial charge is 0.223 e. The Hall–Kier alpha value is -1.54. The highest BCUT2D eigenvalue weighted by molar-refractivity contribution is 9.10. The van der Waals surface area contributed by atoms with Crippen molar-refractivity contribution in [1.29, 1.82) is 5.26 Å². The van der Waals surface area contributed by atoms with Gasteiger partial charge in [0.15, 0.2) is 0 Å². The monoisotopic (exact) mass is 309 g/mol. The minimum Gasteiger partial charge on any atom is -0.368 e. The molecule has 0 bridgehead atoms. The summed E-state index contributed by atoms with van der Waals surface area (Å²) in [6.45, 7) is 3.78. The van der Waals surface area contributed by atoms with Crippen molar-refractivity contribution in [3.8, 4) is 6.07 Å². The summed E-state index contributed by atoms with van der Waals surface area (Å²) in [6.07, 6.45) is 0.135. The quantitative estimate of drug-likeness (QED) is 0.879. The SMILES string of the molecule is CC(C)NC(=O)CC(C#N)Nc1ccccc1Br. The first-order chi connectivity index (χ1) is 8.52. The molecule has 5 heteroatoms. The van der Waals surface area contributed by atoms with Crippen LogP contribution in [0.15, 0.2) is 28.7 Å². The molecule has 1 atom stereocenters. The zero-order valence-electron chi connectivity index (χ0n) is 10.4. The van der Waals surface area contributed by atoms with Crippen LogP contribution in [-0.4, -0.2) is 18.0 Å². The van der Waals surface area contributed by atoms with Gasteiger partial charge >= 0.3 is 0 Å². The molecule has 1 aromatic carbocycles. The maximum Gasteiger partial charge on any atom is 0.223 e. The van der Waals surface area contributed by atoms with Gasteiger partial charge in [-0.2, -0.15) is 5.26 Å². The Morgan fingerprint density at radius 3 is 2.67 bits per heavy atom. The van der Waals surface area contributed by atoms with Crippen molar-refractivity contribution in [2.45, 2.75) is 32.4 Å². The first-order valence-corrected chi connectivity index (χ1v) is 6.52. The number of carbonyl (C=O) groups excluding carboxylic acids is 1. The second-order valence-corrected chi connectivity index (χ2v) is 5.09. The molecule has 0 aliphatic carbocycles. The van der Waals surface area contributed by atoms with Gasteiger partial charge in [-0.1, -0.05) is 12.1 Å². The van der Waals surface area contributed by atoms with Crippen LogP contribution in [0.1, 0.15) is 20.3 Å². The molecular formula is C13H16BrN3O. The van der Waals surface area contributed by atoms with E-state index in [0.29, 0.717) is 0 Å². The third-order valence-corrected chi connectivity index (χ3v) is 2.89. The highest BCUT2D eigenvalue weighted by Gasteiger charge is 2.14. The predicted octanol–water partition coefficient (Wildman–Crippen LogP) is 2.67. The second kappa shape index (κ2) is 7.02. The Balaban J connectivity index is 2.61. The molecule has 1 rings (SSSR count). The number of rotatable bonds is 5. The summed E-state index contributed by atoms with van der Waals surface area (Å²) in [4.78, 5) is 11.6. The summed E-state index contributed by atoms with van der Waals surface area (Å²) >= 11 is 3.39. The summed E-state index contributed by atoms with van der Waals surface area (Å²) in [6, 6.07) is 9.13. The average Bonchev–Trinajstić information content (AvgIpc) is 2.30. The summed E-state index contributed by atoms with van der Waals surface area (Å²) < 4.78 is 0.870. The third-order valence-electron chi connectivity index (χ3n) is 2.20. The molecule has 96 valence electrons. The fourth-order valence-corrected chi connectivity index (χ4v) is 1.86. The van der Waals surface area contributed by atoms with E-state index >= 15 is 0 Å². The summed E-state index contributed by atoms with van der Waals surface area (Å²) in [5, 5.41) is 14.9. The van der Waals surface area contributed by atoms with Crippen LogP contribution in [0.3, 0.4) is 0 Å². The van der Waals surface area contributed by atoms with E-state index < -0.39 is 6.04 Å². The van der Waals surface area contributed by atoms with Crippen molar-refractivity contribution < 1.29 is 4.79 Å². The van der Waals surface area contributed by atoms with Crippen LogP contribution < -0.4 is 10.6 Å². The molecule has 18 heavy (non-hydrogen) atoms. The first kappa shape index (κ1) is 14.5. The van der Waals surface area contributed by atoms with Crippen molar-refractivity contribution in [2.24, 2.45) is 0 Å². The number of carbonyl (C=O) groups is 1. The molecule has 2 N–H and O–H groups in total. The molecule has 0 aliphatic heterocycles. The number of halogens is 1. The Bertz CT molecular complexity index is 454. The molecule has 0 saturated heterocycles. The number of amides is 1. The van der Waals surface area contributed by atoms with Crippen LogP contribution in [0.2, 0.25) is 0 Å². The Labute approximate surface area is 116 Å². The third kappa shape index (κ3) is 4.76. The minimum absolute atomic E-state index is 0.0836. The maximum atomic E-state index is 11.6. The lowest BCUT2D eigenvalue weighted by Gasteiger charge is -2.15. The molecule has 0 fully saturated rings. The second-order valence-electron chi connectivity index (χ2n) is 4.23. The van der Waals surface area contributed by atoms with E-state index in [1.54, 1.807) is 0 Å².